The molecule has 0 spiro atoms. The second-order valence-corrected chi connectivity index (χ2v) is 3.75. The number of carbonyl (C=O) groups excluding carboxylic acids is 1. The number of hydrogen-bond donors (Lipinski definition) is 2. The Bertz CT molecular complexity index is 496. The highest BCUT2D eigenvalue weighted by Gasteiger charge is 2.21. The molecule has 0 fully saturated rings. The van der Waals surface area contributed by atoms with Gasteiger partial charge in [-0.2, -0.15) is 0 Å². The van der Waals surface area contributed by atoms with Crippen molar-refractivity contribution >= 4 is 5.97 Å². The molecule has 6 nitrogen and oxygen atoms in total. The zero-order valence-electron chi connectivity index (χ0n) is 10.1. The number of carbonyl (C=O) groups is 1. The summed E-state index contributed by atoms with van der Waals surface area (Å²) in [7, 11) is 0. The predicted octanol–water partition coefficient (Wildman–Crippen LogP) is 1.80. The van der Waals surface area contributed by atoms with Crippen LogP contribution in [0.4, 0.5) is 0 Å². The van der Waals surface area contributed by atoms with E-state index in [1.165, 1.54) is 6.08 Å². The Kier molecular flexibility index (Phi) is 4.45. The van der Waals surface area contributed by atoms with Crippen LogP contribution in [0.15, 0.2) is 45.8 Å². The van der Waals surface area contributed by atoms with E-state index in [9.17, 15) is 14.8 Å². The molecule has 0 amide bonds. The fraction of sp³-hybridized carbons (Fsp3) is 0.333. The molecule has 1 rings (SSSR count). The molecule has 96 valence electrons. The molecular weight excluding hydrogens is 236 g/mol. The summed E-state index contributed by atoms with van der Waals surface area (Å²) in [6.45, 7) is 3.57. The average Bonchev–Trinajstić information content (AvgIpc) is 2.49. The first kappa shape index (κ1) is 13.7. The highest BCUT2D eigenvalue weighted by atomic mass is 16.5. The second kappa shape index (κ2) is 5.84. The topological polar surface area (TPSA) is 102 Å². The van der Waals surface area contributed by atoms with Gasteiger partial charge in [0.1, 0.15) is 11.3 Å². The maximum atomic E-state index is 11.8. The van der Waals surface area contributed by atoms with Gasteiger partial charge < -0.3 is 15.6 Å². The highest BCUT2D eigenvalue weighted by Crippen LogP contribution is 2.19. The van der Waals surface area contributed by atoms with Crippen molar-refractivity contribution in [1.82, 2.24) is 0 Å². The quantitative estimate of drug-likeness (QED) is 0.450. The molecule has 0 radical (unpaired) electrons. The molecule has 0 aromatic carbocycles. The van der Waals surface area contributed by atoms with Crippen LogP contribution in [0, 0.1) is 4.91 Å². The zero-order valence-corrected chi connectivity index (χ0v) is 10.1. The molecule has 18 heavy (non-hydrogen) atoms. The van der Waals surface area contributed by atoms with E-state index in [1.54, 1.807) is 6.92 Å². The molecule has 1 aliphatic rings. The van der Waals surface area contributed by atoms with Gasteiger partial charge in [-0.05, 0) is 24.6 Å². The van der Waals surface area contributed by atoms with Crippen LogP contribution in [0.2, 0.25) is 0 Å². The molecule has 3 N–H and O–H groups in total. The minimum absolute atomic E-state index is 0.0116. The van der Waals surface area contributed by atoms with Crippen LogP contribution in [-0.2, 0) is 9.53 Å². The fourth-order valence-electron chi connectivity index (χ4n) is 1.15. The Morgan fingerprint density at radius 1 is 1.67 bits per heavy atom. The fourth-order valence-corrected chi connectivity index (χ4v) is 1.15. The summed E-state index contributed by atoms with van der Waals surface area (Å²) in [4.78, 5) is 22.4. The molecular formula is C12H14N2O4. The summed E-state index contributed by atoms with van der Waals surface area (Å²) in [6, 6.07) is 0. The molecule has 0 aliphatic heterocycles. The van der Waals surface area contributed by atoms with Gasteiger partial charge in [-0.15, -0.1) is 4.91 Å². The van der Waals surface area contributed by atoms with Gasteiger partial charge in [0.25, 0.3) is 0 Å². The van der Waals surface area contributed by atoms with Gasteiger partial charge in [-0.25, -0.2) is 4.79 Å². The average molecular weight is 250 g/mol. The van der Waals surface area contributed by atoms with Crippen molar-refractivity contribution in [3.05, 3.63) is 45.5 Å². The van der Waals surface area contributed by atoms with Gasteiger partial charge in [0.15, 0.2) is 5.70 Å². The SMILES string of the molecule is CCC(C)OC(=O)C1=CC(O)=C(N)C=C=C1N=O. The van der Waals surface area contributed by atoms with Crippen LogP contribution >= 0.6 is 0 Å². The summed E-state index contributed by atoms with van der Waals surface area (Å²) in [5.74, 6) is -1.08. The smallest absolute Gasteiger partial charge is 0.341 e. The van der Waals surface area contributed by atoms with Crippen molar-refractivity contribution in [2.24, 2.45) is 10.9 Å². The number of aliphatic hydroxyl groups excluding tert-OH is 1. The number of nitrogens with two attached hydrogens (primary N) is 1. The van der Waals surface area contributed by atoms with E-state index in [4.69, 9.17) is 10.5 Å². The maximum Gasteiger partial charge on any atom is 0.341 e. The summed E-state index contributed by atoms with van der Waals surface area (Å²) in [5, 5.41) is 12.2. The number of ether oxygens (including phenoxy) is 1. The molecule has 0 aromatic heterocycles. The minimum Gasteiger partial charge on any atom is -0.506 e. The van der Waals surface area contributed by atoms with Crippen molar-refractivity contribution in [2.75, 3.05) is 0 Å². The van der Waals surface area contributed by atoms with Crippen LogP contribution in [0.25, 0.3) is 0 Å². The Labute approximate surface area is 104 Å². The first-order valence-corrected chi connectivity index (χ1v) is 5.41. The van der Waals surface area contributed by atoms with Gasteiger partial charge in [0.05, 0.1) is 11.8 Å². The highest BCUT2D eigenvalue weighted by molar-refractivity contribution is 5.94. The summed E-state index contributed by atoms with van der Waals surface area (Å²) >= 11 is 0. The van der Waals surface area contributed by atoms with Gasteiger partial charge in [-0.1, -0.05) is 12.7 Å². The van der Waals surface area contributed by atoms with Crippen LogP contribution in [0.3, 0.4) is 0 Å². The van der Waals surface area contributed by atoms with Crippen molar-refractivity contribution in [1.29, 1.82) is 0 Å². The standard InChI is InChI=1S/C12H14N2O4/c1-3-7(2)18-12(16)8-6-11(15)9(13)4-5-10(8)14-17/h4,6-7,15H,3,13H2,1-2H3. The molecule has 0 bridgehead atoms. The van der Waals surface area contributed by atoms with Crippen molar-refractivity contribution in [3.63, 3.8) is 0 Å². The third kappa shape index (κ3) is 3.09. The van der Waals surface area contributed by atoms with Crippen LogP contribution in [0.5, 0.6) is 0 Å². The van der Waals surface area contributed by atoms with E-state index in [0.717, 1.165) is 6.08 Å². The number of nitroso groups, excluding NO2 is 1. The Hall–Kier alpha value is -2.33. The normalized spacial score (nSPS) is 16.6. The Balaban J connectivity index is 3.12. The molecule has 0 aromatic rings. The minimum atomic E-state index is -0.749. The van der Waals surface area contributed by atoms with E-state index in [0.29, 0.717) is 6.42 Å². The largest absolute Gasteiger partial charge is 0.506 e. The maximum absolute atomic E-state index is 11.8. The number of aliphatic hydroxyl groups is 1. The number of nitrogens with zero attached hydrogens (tertiary/aromatic N) is 1. The monoisotopic (exact) mass is 250 g/mol. The lowest BCUT2D eigenvalue weighted by Gasteiger charge is -2.11. The van der Waals surface area contributed by atoms with Crippen molar-refractivity contribution in [3.8, 4) is 0 Å². The van der Waals surface area contributed by atoms with E-state index >= 15 is 0 Å². The van der Waals surface area contributed by atoms with Gasteiger partial charge in [0.2, 0.25) is 0 Å². The van der Waals surface area contributed by atoms with E-state index in [1.807, 2.05) is 6.92 Å². The van der Waals surface area contributed by atoms with Gasteiger partial charge in [-0.3, -0.25) is 0 Å². The Morgan fingerprint density at radius 2 is 2.33 bits per heavy atom. The van der Waals surface area contributed by atoms with E-state index < -0.39 is 5.97 Å². The second-order valence-electron chi connectivity index (χ2n) is 3.75. The number of rotatable bonds is 4. The van der Waals surface area contributed by atoms with Crippen molar-refractivity contribution in [2.45, 2.75) is 26.4 Å². The first-order valence-electron chi connectivity index (χ1n) is 5.41. The summed E-state index contributed by atoms with van der Waals surface area (Å²) in [5.41, 5.74) is 7.44. The van der Waals surface area contributed by atoms with Crippen molar-refractivity contribution < 1.29 is 14.6 Å². The number of hydrogen-bond acceptors (Lipinski definition) is 6. The summed E-state index contributed by atoms with van der Waals surface area (Å²) < 4.78 is 5.05. The lowest BCUT2D eigenvalue weighted by molar-refractivity contribution is -0.143. The summed E-state index contributed by atoms with van der Waals surface area (Å²) in [6.07, 6.45) is 2.55. The molecule has 0 saturated heterocycles. The van der Waals surface area contributed by atoms with E-state index in [2.05, 4.69) is 10.9 Å². The van der Waals surface area contributed by atoms with Crippen LogP contribution in [0.1, 0.15) is 20.3 Å². The van der Waals surface area contributed by atoms with Crippen LogP contribution in [-0.4, -0.2) is 17.2 Å². The lowest BCUT2D eigenvalue weighted by Crippen LogP contribution is -2.16. The number of esters is 1. The molecule has 0 saturated carbocycles. The third-order valence-electron chi connectivity index (χ3n) is 2.39. The molecule has 6 heteroatoms. The van der Waals surface area contributed by atoms with E-state index in [-0.39, 0.29) is 28.8 Å². The van der Waals surface area contributed by atoms with Gasteiger partial charge in [0, 0.05) is 6.08 Å². The first-order chi connectivity index (χ1) is 8.49. The molecule has 0 heterocycles. The zero-order chi connectivity index (χ0) is 13.7. The number of allylic oxidation sites excluding steroid dienone is 2. The van der Waals surface area contributed by atoms with Crippen LogP contribution < -0.4 is 5.73 Å². The molecule has 1 atom stereocenters. The third-order valence-corrected chi connectivity index (χ3v) is 2.39. The lowest BCUT2D eigenvalue weighted by atomic mass is 10.2. The Morgan fingerprint density at radius 3 is 2.89 bits per heavy atom. The molecule has 1 aliphatic carbocycles. The predicted molar refractivity (Wildman–Crippen MR) is 65.2 cm³/mol. The van der Waals surface area contributed by atoms with Gasteiger partial charge >= 0.3 is 5.97 Å². The molecule has 1 unspecified atom stereocenters.